The molecular weight excluding hydrogens is 312 g/mol. The van der Waals surface area contributed by atoms with Crippen LogP contribution in [0.4, 0.5) is 26.3 Å². The molecule has 114 valence electrons. The molecule has 0 amide bonds. The topological polar surface area (TPSA) is 46.2 Å². The molecule has 20 heavy (non-hydrogen) atoms. The summed E-state index contributed by atoms with van der Waals surface area (Å²) >= 11 is 5.59. The van der Waals surface area contributed by atoms with Crippen LogP contribution >= 0.6 is 11.6 Å². The monoisotopic (exact) mass is 321 g/mol. The van der Waals surface area contributed by atoms with Crippen molar-refractivity contribution in [1.82, 2.24) is 0 Å². The lowest BCUT2D eigenvalue weighted by molar-refractivity contribution is -0.154. The van der Waals surface area contributed by atoms with Crippen molar-refractivity contribution in [3.63, 3.8) is 0 Å². The summed E-state index contributed by atoms with van der Waals surface area (Å²) in [5.41, 5.74) is 3.25. The van der Waals surface area contributed by atoms with Crippen LogP contribution < -0.4 is 5.73 Å². The van der Waals surface area contributed by atoms with Crippen molar-refractivity contribution in [3.05, 3.63) is 34.3 Å². The van der Waals surface area contributed by atoms with Gasteiger partial charge in [0.05, 0.1) is 11.7 Å². The Morgan fingerprint density at radius 1 is 1.15 bits per heavy atom. The molecule has 0 aliphatic rings. The highest BCUT2D eigenvalue weighted by molar-refractivity contribution is 6.31. The molecule has 0 bridgehead atoms. The molecule has 1 aromatic carbocycles. The summed E-state index contributed by atoms with van der Waals surface area (Å²) in [6.07, 6.45) is -12.3. The number of rotatable bonds is 3. The van der Waals surface area contributed by atoms with Crippen LogP contribution in [0.2, 0.25) is 5.02 Å². The second-order valence-corrected chi connectivity index (χ2v) is 4.54. The van der Waals surface area contributed by atoms with Crippen molar-refractivity contribution in [1.29, 1.82) is 0 Å². The van der Waals surface area contributed by atoms with Gasteiger partial charge in [-0.1, -0.05) is 11.6 Å². The molecule has 3 N–H and O–H groups in total. The quantitative estimate of drug-likeness (QED) is 0.834. The van der Waals surface area contributed by atoms with E-state index in [1.54, 1.807) is 0 Å². The van der Waals surface area contributed by atoms with Crippen molar-refractivity contribution in [2.75, 3.05) is 0 Å². The van der Waals surface area contributed by atoms with Gasteiger partial charge in [0, 0.05) is 11.4 Å². The van der Waals surface area contributed by atoms with Gasteiger partial charge >= 0.3 is 12.4 Å². The zero-order valence-corrected chi connectivity index (χ0v) is 10.5. The predicted octanol–water partition coefficient (Wildman–Crippen LogP) is 3.67. The van der Waals surface area contributed by atoms with Crippen LogP contribution in [0.25, 0.3) is 0 Å². The molecule has 0 spiro atoms. The fourth-order valence-electron chi connectivity index (χ4n) is 1.48. The van der Waals surface area contributed by atoms with Crippen molar-refractivity contribution < 1.29 is 31.4 Å². The van der Waals surface area contributed by atoms with Crippen LogP contribution in [0.3, 0.4) is 0 Å². The van der Waals surface area contributed by atoms with Gasteiger partial charge in [-0.2, -0.15) is 26.3 Å². The van der Waals surface area contributed by atoms with Gasteiger partial charge in [-0.15, -0.1) is 0 Å². The molecule has 0 saturated carbocycles. The summed E-state index contributed by atoms with van der Waals surface area (Å²) in [5.74, 6) is 0. The van der Waals surface area contributed by atoms with Crippen LogP contribution in [0.5, 0.6) is 0 Å². The highest BCUT2D eigenvalue weighted by Gasteiger charge is 2.38. The van der Waals surface area contributed by atoms with Crippen LogP contribution in [-0.2, 0) is 6.18 Å². The van der Waals surface area contributed by atoms with E-state index in [4.69, 9.17) is 17.3 Å². The minimum absolute atomic E-state index is 0.264. The van der Waals surface area contributed by atoms with Crippen LogP contribution in [0.1, 0.15) is 23.7 Å². The molecule has 0 fully saturated rings. The summed E-state index contributed by atoms with van der Waals surface area (Å²) in [7, 11) is 0. The number of aliphatic hydroxyl groups is 1. The van der Waals surface area contributed by atoms with Crippen molar-refractivity contribution >= 4 is 11.6 Å². The molecule has 0 heterocycles. The van der Waals surface area contributed by atoms with E-state index in [1.165, 1.54) is 0 Å². The number of aliphatic hydroxyl groups excluding tert-OH is 1. The highest BCUT2D eigenvalue weighted by atomic mass is 35.5. The molecule has 0 saturated heterocycles. The zero-order valence-electron chi connectivity index (χ0n) is 9.76. The number of benzene rings is 1. The van der Waals surface area contributed by atoms with Gasteiger partial charge in [-0.3, -0.25) is 0 Å². The van der Waals surface area contributed by atoms with E-state index in [2.05, 4.69) is 0 Å². The fraction of sp³-hybridized carbons (Fsp3) is 0.455. The third-order valence-corrected chi connectivity index (χ3v) is 2.92. The number of nitrogens with two attached hydrogens (primary N) is 1. The SMILES string of the molecule is N[C@H](C[C@@H](O)c1cc(C(F)(F)F)ccc1Cl)C(F)(F)F. The molecule has 0 aromatic heterocycles. The zero-order chi connectivity index (χ0) is 15.7. The Hall–Kier alpha value is -0.990. The molecule has 0 unspecified atom stereocenters. The maximum atomic E-state index is 12.5. The summed E-state index contributed by atoms with van der Waals surface area (Å²) in [6, 6.07) is -0.316. The Morgan fingerprint density at radius 2 is 1.70 bits per heavy atom. The minimum atomic E-state index is -4.75. The first-order valence-electron chi connectivity index (χ1n) is 5.30. The normalized spacial score (nSPS) is 16.1. The average molecular weight is 322 g/mol. The molecule has 1 rings (SSSR count). The first-order valence-corrected chi connectivity index (χ1v) is 5.67. The summed E-state index contributed by atoms with van der Waals surface area (Å²) in [5, 5.41) is 9.33. The van der Waals surface area contributed by atoms with Gasteiger partial charge in [0.2, 0.25) is 0 Å². The maximum Gasteiger partial charge on any atom is 0.416 e. The van der Waals surface area contributed by atoms with E-state index in [0.29, 0.717) is 12.1 Å². The average Bonchev–Trinajstić information content (AvgIpc) is 2.26. The summed E-state index contributed by atoms with van der Waals surface area (Å²) in [4.78, 5) is 0. The Bertz CT molecular complexity index is 473. The van der Waals surface area contributed by atoms with Gasteiger partial charge in [0.25, 0.3) is 0 Å². The fourth-order valence-corrected chi connectivity index (χ4v) is 1.72. The first-order chi connectivity index (χ1) is 8.93. The molecule has 0 aliphatic carbocycles. The predicted molar refractivity (Wildman–Crippen MR) is 60.1 cm³/mol. The second-order valence-electron chi connectivity index (χ2n) is 4.13. The Labute approximate surface area is 115 Å². The third-order valence-electron chi connectivity index (χ3n) is 2.58. The number of alkyl halides is 6. The van der Waals surface area contributed by atoms with Gasteiger partial charge in [-0.25, -0.2) is 0 Å². The molecule has 2 nitrogen and oxygen atoms in total. The Kier molecular flexibility index (Phi) is 4.94. The summed E-state index contributed by atoms with van der Waals surface area (Å²) < 4.78 is 74.2. The molecule has 9 heteroatoms. The van der Waals surface area contributed by atoms with Crippen molar-refractivity contribution in [2.45, 2.75) is 30.9 Å². The van der Waals surface area contributed by atoms with E-state index in [0.717, 1.165) is 6.07 Å². The van der Waals surface area contributed by atoms with Crippen molar-refractivity contribution in [3.8, 4) is 0 Å². The van der Waals surface area contributed by atoms with Crippen molar-refractivity contribution in [2.24, 2.45) is 5.73 Å². The van der Waals surface area contributed by atoms with Gasteiger partial charge in [-0.05, 0) is 23.8 Å². The first kappa shape index (κ1) is 17.1. The van der Waals surface area contributed by atoms with E-state index < -0.39 is 42.0 Å². The smallest absolute Gasteiger partial charge is 0.388 e. The minimum Gasteiger partial charge on any atom is -0.388 e. The number of hydrogen-bond donors (Lipinski definition) is 2. The maximum absolute atomic E-state index is 12.5. The molecule has 2 atom stereocenters. The van der Waals surface area contributed by atoms with Crippen LogP contribution in [0, 0.1) is 0 Å². The van der Waals surface area contributed by atoms with E-state index in [-0.39, 0.29) is 5.02 Å². The standard InChI is InChI=1S/C11H10ClF6NO/c12-7-2-1-5(10(13,14)15)3-6(7)8(20)4-9(19)11(16,17)18/h1-3,8-9,20H,4,19H2/t8-,9-/m1/s1. The number of halogens is 7. The van der Waals surface area contributed by atoms with Gasteiger partial charge in [0.15, 0.2) is 0 Å². The Morgan fingerprint density at radius 3 is 2.15 bits per heavy atom. The lowest BCUT2D eigenvalue weighted by atomic mass is 10.00. The molecule has 0 radical (unpaired) electrons. The summed E-state index contributed by atoms with van der Waals surface area (Å²) in [6.45, 7) is 0. The van der Waals surface area contributed by atoms with E-state index >= 15 is 0 Å². The lowest BCUT2D eigenvalue weighted by Gasteiger charge is -2.20. The largest absolute Gasteiger partial charge is 0.416 e. The second kappa shape index (κ2) is 5.79. The third kappa shape index (κ3) is 4.26. The molecular formula is C11H10ClF6NO. The molecule has 1 aromatic rings. The number of hydrogen-bond acceptors (Lipinski definition) is 2. The highest BCUT2D eigenvalue weighted by Crippen LogP contribution is 2.35. The Balaban J connectivity index is 3.01. The lowest BCUT2D eigenvalue weighted by Crippen LogP contribution is -2.38. The molecule has 0 aliphatic heterocycles. The van der Waals surface area contributed by atoms with Gasteiger partial charge in [0.1, 0.15) is 6.04 Å². The van der Waals surface area contributed by atoms with E-state index in [1.807, 2.05) is 0 Å². The van der Waals surface area contributed by atoms with E-state index in [9.17, 15) is 31.4 Å². The van der Waals surface area contributed by atoms with Crippen LogP contribution in [-0.4, -0.2) is 17.3 Å². The van der Waals surface area contributed by atoms with Crippen LogP contribution in [0.15, 0.2) is 18.2 Å². The van der Waals surface area contributed by atoms with Gasteiger partial charge < -0.3 is 10.8 Å².